The quantitative estimate of drug-likeness (QED) is 0.353. The minimum absolute atomic E-state index is 0.00979. The number of rotatable bonds is 5. The number of halogens is 1. The van der Waals surface area contributed by atoms with Crippen LogP contribution < -0.4 is 4.90 Å². The number of hydrogen-bond acceptors (Lipinski definition) is 4. The number of nitrogens with zero attached hydrogens (tertiary/aromatic N) is 5. The van der Waals surface area contributed by atoms with Crippen molar-refractivity contribution in [2.24, 2.45) is 5.92 Å². The third-order valence-electron chi connectivity index (χ3n) is 8.38. The first-order valence-corrected chi connectivity index (χ1v) is 14.0. The van der Waals surface area contributed by atoms with Gasteiger partial charge in [0.15, 0.2) is 0 Å². The highest BCUT2D eigenvalue weighted by atomic mass is 19.1. The number of anilines is 1. The maximum Gasteiger partial charge on any atom is 0.227 e. The van der Waals surface area contributed by atoms with E-state index in [-0.39, 0.29) is 17.6 Å². The minimum atomic E-state index is -0.253. The Morgan fingerprint density at radius 1 is 0.897 bits per heavy atom. The summed E-state index contributed by atoms with van der Waals surface area (Å²) < 4.78 is 15.8. The number of aromatic nitrogens is 2. The van der Waals surface area contributed by atoms with Crippen LogP contribution in [0.1, 0.15) is 29.8 Å². The molecule has 1 aromatic heterocycles. The van der Waals surface area contributed by atoms with Gasteiger partial charge in [0, 0.05) is 44.1 Å². The highest BCUT2D eigenvalue weighted by molar-refractivity contribution is 5.80. The van der Waals surface area contributed by atoms with Gasteiger partial charge >= 0.3 is 0 Å². The zero-order valence-corrected chi connectivity index (χ0v) is 22.8. The molecule has 1 amide bonds. The van der Waals surface area contributed by atoms with Crippen LogP contribution in [0.2, 0.25) is 0 Å². The molecule has 39 heavy (non-hydrogen) atoms. The van der Waals surface area contributed by atoms with Crippen molar-refractivity contribution in [2.45, 2.75) is 33.2 Å². The Bertz CT molecular complexity index is 1470. The molecule has 7 heteroatoms. The SMILES string of the molecule is Cc1ccc(N2CCN(C(=O)[C@H]3CCCN(Cc4nc5ccccc5n4-c4ccc(F)cc4)C3)CC2)cc1C. The molecule has 1 atom stereocenters. The van der Waals surface area contributed by atoms with Crippen molar-refractivity contribution in [1.82, 2.24) is 19.4 Å². The summed E-state index contributed by atoms with van der Waals surface area (Å²) in [5.41, 5.74) is 6.68. The first-order chi connectivity index (χ1) is 19.0. The molecular weight excluding hydrogens is 489 g/mol. The van der Waals surface area contributed by atoms with E-state index in [0.29, 0.717) is 6.54 Å². The Morgan fingerprint density at radius 3 is 2.41 bits per heavy atom. The molecule has 2 saturated heterocycles. The van der Waals surface area contributed by atoms with Gasteiger partial charge in [0.1, 0.15) is 11.6 Å². The fourth-order valence-corrected chi connectivity index (χ4v) is 6.03. The molecule has 0 aliphatic carbocycles. The first kappa shape index (κ1) is 25.6. The number of fused-ring (bicyclic) bond motifs is 1. The lowest BCUT2D eigenvalue weighted by atomic mass is 9.96. The molecule has 0 N–H and O–H groups in total. The van der Waals surface area contributed by atoms with Gasteiger partial charge in [0.25, 0.3) is 0 Å². The monoisotopic (exact) mass is 525 g/mol. The predicted octanol–water partition coefficient (Wildman–Crippen LogP) is 5.34. The molecule has 202 valence electrons. The topological polar surface area (TPSA) is 44.6 Å². The highest BCUT2D eigenvalue weighted by Crippen LogP contribution is 2.27. The molecule has 4 aromatic rings. The van der Waals surface area contributed by atoms with Gasteiger partial charge in [-0.3, -0.25) is 14.3 Å². The zero-order valence-electron chi connectivity index (χ0n) is 22.8. The first-order valence-electron chi connectivity index (χ1n) is 14.0. The average Bonchev–Trinajstić information content (AvgIpc) is 3.32. The van der Waals surface area contributed by atoms with Crippen LogP contribution in [0, 0.1) is 25.6 Å². The minimum Gasteiger partial charge on any atom is -0.368 e. The Labute approximate surface area is 229 Å². The molecule has 0 unspecified atom stereocenters. The third kappa shape index (κ3) is 5.28. The van der Waals surface area contributed by atoms with Crippen molar-refractivity contribution < 1.29 is 9.18 Å². The lowest BCUT2D eigenvalue weighted by Crippen LogP contribution is -2.52. The molecule has 0 spiro atoms. The summed E-state index contributed by atoms with van der Waals surface area (Å²) in [5, 5.41) is 0. The molecule has 0 saturated carbocycles. The summed E-state index contributed by atoms with van der Waals surface area (Å²) in [7, 11) is 0. The van der Waals surface area contributed by atoms with Crippen LogP contribution in [0.4, 0.5) is 10.1 Å². The van der Waals surface area contributed by atoms with Crippen molar-refractivity contribution in [2.75, 3.05) is 44.2 Å². The fraction of sp³-hybridized carbons (Fsp3) is 0.375. The van der Waals surface area contributed by atoms with Crippen LogP contribution in [0.25, 0.3) is 16.7 Å². The van der Waals surface area contributed by atoms with E-state index in [2.05, 4.69) is 57.4 Å². The van der Waals surface area contributed by atoms with Gasteiger partial charge in [-0.05, 0) is 92.9 Å². The lowest BCUT2D eigenvalue weighted by molar-refractivity contribution is -0.137. The second kappa shape index (κ2) is 10.8. The number of aryl methyl sites for hydroxylation is 2. The van der Waals surface area contributed by atoms with E-state index in [1.54, 1.807) is 12.1 Å². The number of imidazole rings is 1. The molecule has 2 aliphatic rings. The van der Waals surface area contributed by atoms with E-state index < -0.39 is 0 Å². The summed E-state index contributed by atoms with van der Waals surface area (Å²) in [4.78, 5) is 25.3. The number of piperazine rings is 1. The second-order valence-electron chi connectivity index (χ2n) is 11.0. The van der Waals surface area contributed by atoms with Gasteiger partial charge in [0.05, 0.1) is 23.5 Å². The number of piperidine rings is 1. The number of benzene rings is 3. The van der Waals surface area contributed by atoms with Crippen LogP contribution in [-0.4, -0.2) is 64.5 Å². The van der Waals surface area contributed by atoms with Gasteiger partial charge in [-0.25, -0.2) is 9.37 Å². The molecule has 6 nitrogen and oxygen atoms in total. The van der Waals surface area contributed by atoms with Crippen molar-refractivity contribution >= 4 is 22.6 Å². The summed E-state index contributed by atoms with van der Waals surface area (Å²) in [6.07, 6.45) is 1.93. The van der Waals surface area contributed by atoms with Crippen LogP contribution >= 0.6 is 0 Å². The zero-order chi connectivity index (χ0) is 26.9. The molecule has 2 fully saturated rings. The number of likely N-dealkylation sites (tertiary alicyclic amines) is 1. The second-order valence-corrected chi connectivity index (χ2v) is 11.0. The molecule has 0 bridgehead atoms. The summed E-state index contributed by atoms with van der Waals surface area (Å²) in [6.45, 7) is 9.89. The van der Waals surface area contributed by atoms with Gasteiger partial charge in [-0.1, -0.05) is 18.2 Å². The van der Waals surface area contributed by atoms with E-state index in [1.165, 1.54) is 28.9 Å². The largest absolute Gasteiger partial charge is 0.368 e. The Kier molecular flexibility index (Phi) is 7.09. The van der Waals surface area contributed by atoms with Crippen LogP contribution in [0.3, 0.4) is 0 Å². The summed E-state index contributed by atoms with van der Waals surface area (Å²) in [5.74, 6) is 0.955. The number of carbonyl (C=O) groups is 1. The van der Waals surface area contributed by atoms with E-state index >= 15 is 0 Å². The van der Waals surface area contributed by atoms with Gasteiger partial charge in [-0.2, -0.15) is 0 Å². The molecule has 6 rings (SSSR count). The van der Waals surface area contributed by atoms with Crippen molar-refractivity contribution in [3.8, 4) is 5.69 Å². The smallest absolute Gasteiger partial charge is 0.227 e. The van der Waals surface area contributed by atoms with Crippen molar-refractivity contribution in [3.63, 3.8) is 0 Å². The van der Waals surface area contributed by atoms with E-state index in [1.807, 2.05) is 18.2 Å². The van der Waals surface area contributed by atoms with Crippen LogP contribution in [-0.2, 0) is 11.3 Å². The van der Waals surface area contributed by atoms with Gasteiger partial charge < -0.3 is 9.80 Å². The number of para-hydroxylation sites is 2. The number of hydrogen-bond donors (Lipinski definition) is 0. The van der Waals surface area contributed by atoms with Crippen molar-refractivity contribution in [1.29, 1.82) is 0 Å². The highest BCUT2D eigenvalue weighted by Gasteiger charge is 2.32. The molecular formula is C32H36FN5O. The Hall–Kier alpha value is -3.71. The molecule has 0 radical (unpaired) electrons. The predicted molar refractivity (Wildman–Crippen MR) is 154 cm³/mol. The van der Waals surface area contributed by atoms with E-state index in [4.69, 9.17) is 4.98 Å². The van der Waals surface area contributed by atoms with E-state index in [9.17, 15) is 9.18 Å². The Balaban J connectivity index is 1.13. The summed E-state index contributed by atoms with van der Waals surface area (Å²) >= 11 is 0. The normalized spacial score (nSPS) is 18.6. The van der Waals surface area contributed by atoms with Gasteiger partial charge in [0.2, 0.25) is 5.91 Å². The number of carbonyl (C=O) groups excluding carboxylic acids is 1. The maximum absolute atomic E-state index is 13.7. The Morgan fingerprint density at radius 2 is 1.64 bits per heavy atom. The van der Waals surface area contributed by atoms with E-state index in [0.717, 1.165) is 74.7 Å². The fourth-order valence-electron chi connectivity index (χ4n) is 6.03. The standard InChI is InChI=1S/C32H36FN5O/c1-23-9-12-28(20-24(23)2)36-16-18-37(19-17-36)32(39)25-6-5-15-35(21-25)22-31-34-29-7-3-4-8-30(29)38(31)27-13-10-26(33)11-14-27/h3-4,7-14,20,25H,5-6,15-19,21-22H2,1-2H3/t25-/m0/s1. The summed E-state index contributed by atoms with van der Waals surface area (Å²) in [6, 6.07) is 21.3. The van der Waals surface area contributed by atoms with Crippen LogP contribution in [0.5, 0.6) is 0 Å². The third-order valence-corrected chi connectivity index (χ3v) is 8.38. The molecule has 3 aromatic carbocycles. The maximum atomic E-state index is 13.7. The lowest BCUT2D eigenvalue weighted by Gasteiger charge is -2.39. The molecule has 2 aliphatic heterocycles. The molecule has 3 heterocycles. The number of amides is 1. The van der Waals surface area contributed by atoms with Gasteiger partial charge in [-0.15, -0.1) is 0 Å². The van der Waals surface area contributed by atoms with Crippen LogP contribution in [0.15, 0.2) is 66.7 Å². The van der Waals surface area contributed by atoms with Crippen molar-refractivity contribution in [3.05, 3.63) is 89.5 Å². The average molecular weight is 526 g/mol.